The second-order valence-corrected chi connectivity index (χ2v) is 4.06. The molecule has 1 aromatic heterocycles. The van der Waals surface area contributed by atoms with Crippen LogP contribution in [0.15, 0.2) is 42.7 Å². The van der Waals surface area contributed by atoms with E-state index in [0.717, 1.165) is 5.56 Å². The lowest BCUT2D eigenvalue weighted by molar-refractivity contribution is 0.305. The van der Waals surface area contributed by atoms with Crippen LogP contribution in [0.1, 0.15) is 11.1 Å². The van der Waals surface area contributed by atoms with Gasteiger partial charge in [0, 0.05) is 24.4 Å². The molecule has 0 radical (unpaired) electrons. The number of ether oxygens (including phenoxy) is 1. The second-order valence-electron chi connectivity index (χ2n) is 4.06. The van der Waals surface area contributed by atoms with E-state index in [-0.39, 0.29) is 12.4 Å². The van der Waals surface area contributed by atoms with Crippen LogP contribution in [0, 0.1) is 17.7 Å². The van der Waals surface area contributed by atoms with E-state index in [0.29, 0.717) is 18.6 Å². The number of benzene rings is 1. The van der Waals surface area contributed by atoms with Crippen LogP contribution >= 0.6 is 0 Å². The minimum atomic E-state index is -0.425. The van der Waals surface area contributed by atoms with Gasteiger partial charge in [0.25, 0.3) is 0 Å². The average molecular weight is 271 g/mol. The van der Waals surface area contributed by atoms with Crippen LogP contribution in [0.2, 0.25) is 0 Å². The first-order valence-corrected chi connectivity index (χ1v) is 6.20. The number of pyridine rings is 1. The van der Waals surface area contributed by atoms with Gasteiger partial charge < -0.3 is 9.84 Å². The second kappa shape index (κ2) is 7.27. The van der Waals surface area contributed by atoms with Gasteiger partial charge in [-0.3, -0.25) is 4.98 Å². The Morgan fingerprint density at radius 3 is 2.95 bits per heavy atom. The smallest absolute Gasteiger partial charge is 0.165 e. The molecule has 0 aliphatic carbocycles. The number of hydrogen-bond donors (Lipinski definition) is 1. The van der Waals surface area contributed by atoms with E-state index in [1.165, 1.54) is 12.1 Å². The van der Waals surface area contributed by atoms with Gasteiger partial charge in [-0.25, -0.2) is 4.39 Å². The number of aromatic nitrogens is 1. The van der Waals surface area contributed by atoms with Crippen molar-refractivity contribution in [2.45, 2.75) is 6.42 Å². The molecule has 0 saturated carbocycles. The quantitative estimate of drug-likeness (QED) is 0.867. The zero-order valence-electron chi connectivity index (χ0n) is 10.8. The summed E-state index contributed by atoms with van der Waals surface area (Å²) in [4.78, 5) is 4.00. The highest BCUT2D eigenvalue weighted by Crippen LogP contribution is 2.18. The summed E-state index contributed by atoms with van der Waals surface area (Å²) in [5, 5.41) is 8.63. The maximum atomic E-state index is 13.6. The molecule has 4 heteroatoms. The summed E-state index contributed by atoms with van der Waals surface area (Å²) in [6.07, 6.45) is 4.11. The lowest BCUT2D eigenvalue weighted by Gasteiger charge is -2.07. The van der Waals surface area contributed by atoms with Crippen LogP contribution in [0.25, 0.3) is 0 Å². The number of nitrogens with zero attached hydrogens (tertiary/aromatic N) is 1. The minimum Gasteiger partial charge on any atom is -0.490 e. The molecule has 0 atom stereocenters. The summed E-state index contributed by atoms with van der Waals surface area (Å²) in [7, 11) is 0. The van der Waals surface area contributed by atoms with Crippen LogP contribution in [-0.2, 0) is 6.42 Å². The summed E-state index contributed by atoms with van der Waals surface area (Å²) in [5.41, 5.74) is 1.64. The molecule has 0 fully saturated rings. The van der Waals surface area contributed by atoms with E-state index in [2.05, 4.69) is 16.8 Å². The van der Waals surface area contributed by atoms with Gasteiger partial charge in [0.05, 0.1) is 6.61 Å². The molecule has 0 unspecified atom stereocenters. The van der Waals surface area contributed by atoms with Gasteiger partial charge in [-0.2, -0.15) is 0 Å². The molecule has 102 valence electrons. The Balaban J connectivity index is 1.98. The van der Waals surface area contributed by atoms with Crippen molar-refractivity contribution in [3.63, 3.8) is 0 Å². The van der Waals surface area contributed by atoms with Crippen molar-refractivity contribution >= 4 is 0 Å². The summed E-state index contributed by atoms with van der Waals surface area (Å²) < 4.78 is 19.0. The maximum Gasteiger partial charge on any atom is 0.165 e. The van der Waals surface area contributed by atoms with Crippen LogP contribution in [-0.4, -0.2) is 23.3 Å². The number of rotatable bonds is 4. The van der Waals surface area contributed by atoms with Crippen LogP contribution in [0.5, 0.6) is 5.75 Å². The highest BCUT2D eigenvalue weighted by molar-refractivity contribution is 5.40. The Labute approximate surface area is 117 Å². The molecule has 1 heterocycles. The standard InChI is InChI=1S/C16H14FNO2/c17-15-6-5-13(4-2-9-19)11-16(15)20-10-7-14-3-1-8-18-12-14/h1,3,5-6,8,11-12,19H,7,9-10H2. The van der Waals surface area contributed by atoms with Crippen molar-refractivity contribution in [3.8, 4) is 17.6 Å². The molecule has 0 amide bonds. The zero-order chi connectivity index (χ0) is 14.2. The fourth-order valence-corrected chi connectivity index (χ4v) is 1.66. The molecule has 2 rings (SSSR count). The van der Waals surface area contributed by atoms with Crippen molar-refractivity contribution in [2.75, 3.05) is 13.2 Å². The van der Waals surface area contributed by atoms with Crippen LogP contribution < -0.4 is 4.74 Å². The first-order chi connectivity index (χ1) is 9.79. The summed E-state index contributed by atoms with van der Waals surface area (Å²) >= 11 is 0. The predicted molar refractivity (Wildman–Crippen MR) is 73.8 cm³/mol. The molecule has 0 aliphatic heterocycles. The van der Waals surface area contributed by atoms with E-state index < -0.39 is 5.82 Å². The first kappa shape index (κ1) is 14.0. The third-order valence-corrected chi connectivity index (χ3v) is 2.61. The van der Waals surface area contributed by atoms with Crippen molar-refractivity contribution in [1.82, 2.24) is 4.98 Å². The fraction of sp³-hybridized carbons (Fsp3) is 0.188. The summed E-state index contributed by atoms with van der Waals surface area (Å²) in [6, 6.07) is 8.17. The highest BCUT2D eigenvalue weighted by Gasteiger charge is 2.04. The van der Waals surface area contributed by atoms with Gasteiger partial charge in [0.15, 0.2) is 11.6 Å². The molecule has 20 heavy (non-hydrogen) atoms. The Hall–Kier alpha value is -2.38. The number of aliphatic hydroxyl groups excluding tert-OH is 1. The molecule has 0 spiro atoms. The summed E-state index contributed by atoms with van der Waals surface area (Å²) in [6.45, 7) is 0.133. The van der Waals surface area contributed by atoms with Crippen LogP contribution in [0.3, 0.4) is 0 Å². The Morgan fingerprint density at radius 2 is 2.20 bits per heavy atom. The molecule has 3 nitrogen and oxygen atoms in total. The van der Waals surface area contributed by atoms with Crippen molar-refractivity contribution in [3.05, 3.63) is 59.7 Å². The Bertz CT molecular complexity index is 617. The van der Waals surface area contributed by atoms with E-state index >= 15 is 0 Å². The Kier molecular flexibility index (Phi) is 5.10. The minimum absolute atomic E-state index is 0.165. The lowest BCUT2D eigenvalue weighted by Crippen LogP contribution is -2.03. The first-order valence-electron chi connectivity index (χ1n) is 6.20. The highest BCUT2D eigenvalue weighted by atomic mass is 19.1. The lowest BCUT2D eigenvalue weighted by atomic mass is 10.2. The molecule has 1 aromatic carbocycles. The normalized spacial score (nSPS) is 9.70. The van der Waals surface area contributed by atoms with Crippen molar-refractivity contribution in [2.24, 2.45) is 0 Å². The van der Waals surface area contributed by atoms with Gasteiger partial charge in [-0.1, -0.05) is 17.9 Å². The van der Waals surface area contributed by atoms with Gasteiger partial charge in [0.2, 0.25) is 0 Å². The monoisotopic (exact) mass is 271 g/mol. The van der Waals surface area contributed by atoms with Crippen molar-refractivity contribution in [1.29, 1.82) is 0 Å². The predicted octanol–water partition coefficient (Wildman–Crippen LogP) is 2.19. The fourth-order valence-electron chi connectivity index (χ4n) is 1.66. The average Bonchev–Trinajstić information content (AvgIpc) is 2.49. The molecular weight excluding hydrogens is 257 g/mol. The van der Waals surface area contributed by atoms with Crippen molar-refractivity contribution < 1.29 is 14.2 Å². The van der Waals surface area contributed by atoms with Gasteiger partial charge >= 0.3 is 0 Å². The number of halogens is 1. The molecule has 0 aliphatic rings. The van der Waals surface area contributed by atoms with Gasteiger partial charge in [0.1, 0.15) is 6.61 Å². The van der Waals surface area contributed by atoms with Gasteiger partial charge in [-0.15, -0.1) is 0 Å². The third kappa shape index (κ3) is 4.08. The van der Waals surface area contributed by atoms with Gasteiger partial charge in [-0.05, 0) is 29.8 Å². The Morgan fingerprint density at radius 1 is 1.30 bits per heavy atom. The summed E-state index contributed by atoms with van der Waals surface area (Å²) in [5.74, 6) is 4.97. The SMILES string of the molecule is OCC#Cc1ccc(F)c(OCCc2cccnc2)c1. The van der Waals surface area contributed by atoms with E-state index in [9.17, 15) is 4.39 Å². The van der Waals surface area contributed by atoms with E-state index in [1.54, 1.807) is 18.5 Å². The molecule has 0 saturated heterocycles. The largest absolute Gasteiger partial charge is 0.490 e. The van der Waals surface area contributed by atoms with E-state index in [1.807, 2.05) is 12.1 Å². The number of aliphatic hydroxyl groups is 1. The third-order valence-electron chi connectivity index (χ3n) is 2.61. The zero-order valence-corrected chi connectivity index (χ0v) is 10.8. The van der Waals surface area contributed by atoms with Crippen LogP contribution in [0.4, 0.5) is 4.39 Å². The molecule has 1 N–H and O–H groups in total. The molecule has 2 aromatic rings. The molecular formula is C16H14FNO2. The number of hydrogen-bond acceptors (Lipinski definition) is 3. The molecule has 0 bridgehead atoms. The van der Waals surface area contributed by atoms with E-state index in [4.69, 9.17) is 9.84 Å². The topological polar surface area (TPSA) is 42.4 Å². The maximum absolute atomic E-state index is 13.6.